The SMILES string of the molecule is O=C(Cc1cccc(N2CCCC2)c1)N/N=C/c1ccccc1-c1cc(C(F)(F)F)ccc1S(=O)(=O)O. The van der Waals surface area contributed by atoms with Crippen LogP contribution in [0, 0.1) is 0 Å². The highest BCUT2D eigenvalue weighted by atomic mass is 32.2. The van der Waals surface area contributed by atoms with Crippen molar-refractivity contribution >= 4 is 27.9 Å². The first-order valence-electron chi connectivity index (χ1n) is 11.5. The largest absolute Gasteiger partial charge is 0.416 e. The van der Waals surface area contributed by atoms with Crippen LogP contribution >= 0.6 is 0 Å². The summed E-state index contributed by atoms with van der Waals surface area (Å²) in [6.07, 6.45) is -1.18. The molecule has 0 radical (unpaired) electrons. The van der Waals surface area contributed by atoms with E-state index in [1.165, 1.54) is 24.4 Å². The highest BCUT2D eigenvalue weighted by Gasteiger charge is 2.32. The quantitative estimate of drug-likeness (QED) is 0.256. The van der Waals surface area contributed by atoms with Crippen molar-refractivity contribution < 1.29 is 30.9 Å². The molecule has 1 saturated heterocycles. The first-order chi connectivity index (χ1) is 17.5. The average Bonchev–Trinajstić information content (AvgIpc) is 3.38. The summed E-state index contributed by atoms with van der Waals surface area (Å²) >= 11 is 0. The van der Waals surface area contributed by atoms with Crippen LogP contribution in [0.3, 0.4) is 0 Å². The minimum absolute atomic E-state index is 0.0706. The van der Waals surface area contributed by atoms with Crippen molar-refractivity contribution in [3.8, 4) is 11.1 Å². The molecule has 0 bridgehead atoms. The molecule has 1 aliphatic rings. The van der Waals surface area contributed by atoms with Crippen molar-refractivity contribution in [2.75, 3.05) is 18.0 Å². The Kier molecular flexibility index (Phi) is 7.65. The minimum Gasteiger partial charge on any atom is -0.372 e. The van der Waals surface area contributed by atoms with Crippen molar-refractivity contribution in [2.24, 2.45) is 5.10 Å². The number of halogens is 3. The lowest BCUT2D eigenvalue weighted by molar-refractivity contribution is -0.137. The van der Waals surface area contributed by atoms with Crippen LogP contribution < -0.4 is 10.3 Å². The van der Waals surface area contributed by atoms with Crippen molar-refractivity contribution in [1.29, 1.82) is 0 Å². The molecule has 1 heterocycles. The number of hydrazone groups is 1. The molecule has 194 valence electrons. The Balaban J connectivity index is 1.55. The van der Waals surface area contributed by atoms with Gasteiger partial charge >= 0.3 is 6.18 Å². The molecule has 1 aliphatic heterocycles. The molecule has 2 N–H and O–H groups in total. The van der Waals surface area contributed by atoms with Gasteiger partial charge in [0, 0.05) is 29.9 Å². The maximum atomic E-state index is 13.3. The van der Waals surface area contributed by atoms with E-state index in [1.54, 1.807) is 6.07 Å². The van der Waals surface area contributed by atoms with E-state index in [9.17, 15) is 30.9 Å². The zero-order valence-electron chi connectivity index (χ0n) is 19.6. The molecule has 37 heavy (non-hydrogen) atoms. The van der Waals surface area contributed by atoms with E-state index in [1.807, 2.05) is 24.3 Å². The fraction of sp³-hybridized carbons (Fsp3) is 0.231. The number of carbonyl (C=O) groups excluding carboxylic acids is 1. The van der Waals surface area contributed by atoms with Crippen molar-refractivity contribution in [3.63, 3.8) is 0 Å². The topological polar surface area (TPSA) is 99.1 Å². The smallest absolute Gasteiger partial charge is 0.372 e. The van der Waals surface area contributed by atoms with Crippen molar-refractivity contribution in [2.45, 2.75) is 30.3 Å². The van der Waals surface area contributed by atoms with Gasteiger partial charge in [-0.05, 0) is 54.3 Å². The van der Waals surface area contributed by atoms with Gasteiger partial charge in [0.05, 0.1) is 18.2 Å². The van der Waals surface area contributed by atoms with E-state index < -0.39 is 32.7 Å². The molecule has 0 aromatic heterocycles. The van der Waals surface area contributed by atoms with Crippen LogP contribution in [-0.4, -0.2) is 38.2 Å². The fourth-order valence-electron chi connectivity index (χ4n) is 4.23. The van der Waals surface area contributed by atoms with Gasteiger partial charge in [0.15, 0.2) is 0 Å². The third kappa shape index (κ3) is 6.55. The maximum absolute atomic E-state index is 13.3. The van der Waals surface area contributed by atoms with E-state index in [0.717, 1.165) is 37.2 Å². The first kappa shape index (κ1) is 26.4. The minimum atomic E-state index is -4.82. The van der Waals surface area contributed by atoms with Gasteiger partial charge in [-0.3, -0.25) is 9.35 Å². The Morgan fingerprint density at radius 1 is 1.00 bits per heavy atom. The van der Waals surface area contributed by atoms with Gasteiger partial charge in [0.25, 0.3) is 10.1 Å². The van der Waals surface area contributed by atoms with Crippen molar-refractivity contribution in [3.05, 3.63) is 83.4 Å². The predicted molar refractivity (Wildman–Crippen MR) is 134 cm³/mol. The molecule has 3 aromatic rings. The van der Waals surface area contributed by atoms with Crippen LogP contribution in [0.4, 0.5) is 18.9 Å². The maximum Gasteiger partial charge on any atom is 0.416 e. The number of amides is 1. The van der Waals surface area contributed by atoms with Gasteiger partial charge in [0.1, 0.15) is 4.90 Å². The number of benzene rings is 3. The molecular weight excluding hydrogens is 507 g/mol. The second-order valence-corrected chi connectivity index (χ2v) is 9.99. The summed E-state index contributed by atoms with van der Waals surface area (Å²) < 4.78 is 73.2. The number of nitrogens with zero attached hydrogens (tertiary/aromatic N) is 2. The van der Waals surface area contributed by atoms with E-state index in [-0.39, 0.29) is 23.1 Å². The Hall–Kier alpha value is -3.70. The standard InChI is InChI=1S/C26H24F3N3O4S/c27-26(28,29)20-10-11-24(37(34,35)36)23(16-20)22-9-2-1-7-19(22)17-30-31-25(33)15-18-6-5-8-21(14-18)32-12-3-4-13-32/h1-2,5-11,14,16-17H,3-4,12-13,15H2,(H,31,33)(H,34,35,36)/b30-17+. The Morgan fingerprint density at radius 2 is 1.73 bits per heavy atom. The third-order valence-corrected chi connectivity index (χ3v) is 6.89. The molecule has 11 heteroatoms. The monoisotopic (exact) mass is 531 g/mol. The summed E-state index contributed by atoms with van der Waals surface area (Å²) in [5.74, 6) is -0.398. The second kappa shape index (κ2) is 10.7. The van der Waals surface area contributed by atoms with Crippen LogP contribution in [0.5, 0.6) is 0 Å². The third-order valence-electron chi connectivity index (χ3n) is 5.98. The molecule has 1 amide bonds. The molecule has 7 nitrogen and oxygen atoms in total. The Morgan fingerprint density at radius 3 is 2.43 bits per heavy atom. The highest BCUT2D eigenvalue weighted by molar-refractivity contribution is 7.86. The normalized spacial score (nSPS) is 14.3. The van der Waals surface area contributed by atoms with E-state index in [0.29, 0.717) is 18.2 Å². The average molecular weight is 532 g/mol. The highest BCUT2D eigenvalue weighted by Crippen LogP contribution is 2.36. The molecule has 0 aliphatic carbocycles. The Labute approximate surface area is 212 Å². The molecule has 4 rings (SSSR count). The van der Waals surface area contributed by atoms with Crippen LogP contribution in [0.1, 0.15) is 29.5 Å². The van der Waals surface area contributed by atoms with Gasteiger partial charge in [-0.15, -0.1) is 0 Å². The van der Waals surface area contributed by atoms with Crippen LogP contribution in [0.25, 0.3) is 11.1 Å². The van der Waals surface area contributed by atoms with Gasteiger partial charge < -0.3 is 4.90 Å². The van der Waals surface area contributed by atoms with Crippen LogP contribution in [-0.2, 0) is 27.5 Å². The number of nitrogens with one attached hydrogen (secondary N) is 1. The zero-order chi connectivity index (χ0) is 26.6. The molecule has 0 unspecified atom stereocenters. The van der Waals surface area contributed by atoms with E-state index in [4.69, 9.17) is 0 Å². The lowest BCUT2D eigenvalue weighted by Gasteiger charge is -2.18. The zero-order valence-corrected chi connectivity index (χ0v) is 20.4. The summed E-state index contributed by atoms with van der Waals surface area (Å²) in [6, 6.07) is 15.6. The summed E-state index contributed by atoms with van der Waals surface area (Å²) in [4.78, 5) is 14.0. The predicted octanol–water partition coefficient (Wildman–Crippen LogP) is 4.91. The van der Waals surface area contributed by atoms with Gasteiger partial charge in [-0.2, -0.15) is 26.7 Å². The van der Waals surface area contributed by atoms with Gasteiger partial charge in [0.2, 0.25) is 5.91 Å². The summed E-state index contributed by atoms with van der Waals surface area (Å²) in [5, 5.41) is 3.92. The number of rotatable bonds is 7. The number of carbonyl (C=O) groups is 1. The molecule has 0 spiro atoms. The molecule has 3 aromatic carbocycles. The summed E-state index contributed by atoms with van der Waals surface area (Å²) in [6.45, 7) is 1.95. The van der Waals surface area contributed by atoms with Crippen molar-refractivity contribution in [1.82, 2.24) is 5.43 Å². The lowest BCUT2D eigenvalue weighted by Crippen LogP contribution is -2.21. The van der Waals surface area contributed by atoms with E-state index >= 15 is 0 Å². The molecule has 0 saturated carbocycles. The second-order valence-electron chi connectivity index (χ2n) is 8.61. The summed E-state index contributed by atoms with van der Waals surface area (Å²) in [5.41, 5.74) is 3.15. The number of hydrogen-bond donors (Lipinski definition) is 2. The van der Waals surface area contributed by atoms with Crippen LogP contribution in [0.2, 0.25) is 0 Å². The number of alkyl halides is 3. The van der Waals surface area contributed by atoms with Crippen LogP contribution in [0.15, 0.2) is 76.7 Å². The molecule has 0 atom stereocenters. The Bertz CT molecular complexity index is 1430. The first-order valence-corrected chi connectivity index (χ1v) is 12.9. The van der Waals surface area contributed by atoms with E-state index in [2.05, 4.69) is 15.4 Å². The number of anilines is 1. The van der Waals surface area contributed by atoms with Gasteiger partial charge in [-0.1, -0.05) is 36.4 Å². The summed E-state index contributed by atoms with van der Waals surface area (Å²) in [7, 11) is -4.82. The number of hydrogen-bond acceptors (Lipinski definition) is 5. The fourth-order valence-corrected chi connectivity index (χ4v) is 4.92. The lowest BCUT2D eigenvalue weighted by atomic mass is 9.98. The molecular formula is C26H24F3N3O4S. The molecule has 1 fully saturated rings. The van der Waals surface area contributed by atoms with Gasteiger partial charge in [-0.25, -0.2) is 5.43 Å².